The van der Waals surface area contributed by atoms with Crippen molar-refractivity contribution in [3.8, 4) is 11.1 Å². The van der Waals surface area contributed by atoms with Gasteiger partial charge in [-0.2, -0.15) is 5.10 Å². The van der Waals surface area contributed by atoms with Crippen LogP contribution in [-0.2, 0) is 11.8 Å². The zero-order chi connectivity index (χ0) is 18.7. The van der Waals surface area contributed by atoms with Crippen LogP contribution in [-0.4, -0.2) is 46.8 Å². The van der Waals surface area contributed by atoms with Crippen molar-refractivity contribution >= 4 is 11.9 Å². The first-order chi connectivity index (χ1) is 12.5. The summed E-state index contributed by atoms with van der Waals surface area (Å²) in [7, 11) is 4.94. The molecule has 0 unspecified atom stereocenters. The van der Waals surface area contributed by atoms with Crippen LogP contribution < -0.4 is 0 Å². The van der Waals surface area contributed by atoms with Gasteiger partial charge in [0, 0.05) is 31.3 Å². The van der Waals surface area contributed by atoms with Gasteiger partial charge in [0.15, 0.2) is 5.69 Å². The topological polar surface area (TPSA) is 64.4 Å². The number of hydrogen-bond acceptors (Lipinski definition) is 4. The van der Waals surface area contributed by atoms with E-state index in [1.165, 1.54) is 31.1 Å². The molecule has 1 saturated carbocycles. The summed E-state index contributed by atoms with van der Waals surface area (Å²) in [6.45, 7) is 0. The summed E-state index contributed by atoms with van der Waals surface area (Å²) >= 11 is 0. The van der Waals surface area contributed by atoms with Crippen molar-refractivity contribution in [3.63, 3.8) is 0 Å². The van der Waals surface area contributed by atoms with Crippen LogP contribution in [0.2, 0.25) is 0 Å². The summed E-state index contributed by atoms with van der Waals surface area (Å²) in [5.74, 6) is -0.389. The van der Waals surface area contributed by atoms with E-state index in [0.29, 0.717) is 22.9 Å². The number of amides is 1. The van der Waals surface area contributed by atoms with E-state index >= 15 is 0 Å². The number of esters is 1. The van der Waals surface area contributed by atoms with Gasteiger partial charge in [-0.3, -0.25) is 9.48 Å². The Bertz CT molecular complexity index is 789. The Hall–Kier alpha value is -2.63. The number of nitrogens with zero attached hydrogens (tertiary/aromatic N) is 3. The standard InChI is InChI=1S/C20H25N3O3/c1-22(16-7-5-4-6-8-16)19(24)15-11-9-14(10-12-15)17-13-21-23(2)18(17)20(25)26-3/h9-13,16H,4-8H2,1-3H3. The summed E-state index contributed by atoms with van der Waals surface area (Å²) in [4.78, 5) is 26.6. The molecule has 1 amide bonds. The average Bonchev–Trinajstić information content (AvgIpc) is 3.08. The first-order valence-corrected chi connectivity index (χ1v) is 9.01. The van der Waals surface area contributed by atoms with Gasteiger partial charge < -0.3 is 9.64 Å². The molecule has 0 N–H and O–H groups in total. The Balaban J connectivity index is 1.81. The minimum atomic E-state index is -0.433. The number of benzene rings is 1. The predicted octanol–water partition coefficient (Wildman–Crippen LogP) is 3.28. The van der Waals surface area contributed by atoms with Crippen LogP contribution in [0.1, 0.15) is 53.0 Å². The number of aryl methyl sites for hydroxylation is 1. The van der Waals surface area contributed by atoms with Gasteiger partial charge in [-0.05, 0) is 30.5 Å². The molecule has 6 nitrogen and oxygen atoms in total. The molecule has 0 spiro atoms. The Morgan fingerprint density at radius 2 is 1.81 bits per heavy atom. The molecule has 1 fully saturated rings. The van der Waals surface area contributed by atoms with E-state index in [2.05, 4.69) is 5.10 Å². The molecule has 2 aromatic rings. The second-order valence-electron chi connectivity index (χ2n) is 6.81. The third kappa shape index (κ3) is 3.49. The van der Waals surface area contributed by atoms with Crippen LogP contribution in [0.25, 0.3) is 11.1 Å². The number of aromatic nitrogens is 2. The number of methoxy groups -OCH3 is 1. The van der Waals surface area contributed by atoms with Crippen LogP contribution in [0, 0.1) is 0 Å². The molecular formula is C20H25N3O3. The number of ether oxygens (including phenoxy) is 1. The smallest absolute Gasteiger partial charge is 0.356 e. The maximum Gasteiger partial charge on any atom is 0.356 e. The number of rotatable bonds is 4. The van der Waals surface area contributed by atoms with Crippen molar-refractivity contribution in [3.05, 3.63) is 41.7 Å². The molecule has 1 heterocycles. The zero-order valence-electron chi connectivity index (χ0n) is 15.6. The SMILES string of the molecule is COC(=O)c1c(-c2ccc(C(=O)N(C)C3CCCCC3)cc2)cnn1C. The van der Waals surface area contributed by atoms with Crippen LogP contribution in [0.15, 0.2) is 30.5 Å². The Morgan fingerprint density at radius 3 is 2.42 bits per heavy atom. The molecular weight excluding hydrogens is 330 g/mol. The molecule has 1 aliphatic rings. The van der Waals surface area contributed by atoms with E-state index in [1.54, 1.807) is 13.2 Å². The van der Waals surface area contributed by atoms with Crippen molar-refractivity contribution < 1.29 is 14.3 Å². The highest BCUT2D eigenvalue weighted by Crippen LogP contribution is 2.26. The summed E-state index contributed by atoms with van der Waals surface area (Å²) in [5.41, 5.74) is 2.57. The van der Waals surface area contributed by atoms with Crippen LogP contribution in [0.5, 0.6) is 0 Å². The number of carbonyl (C=O) groups excluding carboxylic acids is 2. The molecule has 0 saturated heterocycles. The fourth-order valence-corrected chi connectivity index (χ4v) is 3.62. The van der Waals surface area contributed by atoms with E-state index < -0.39 is 5.97 Å². The van der Waals surface area contributed by atoms with Gasteiger partial charge >= 0.3 is 5.97 Å². The van der Waals surface area contributed by atoms with Gasteiger partial charge in [0.05, 0.1) is 13.3 Å². The van der Waals surface area contributed by atoms with E-state index in [-0.39, 0.29) is 5.91 Å². The maximum absolute atomic E-state index is 12.8. The maximum atomic E-state index is 12.8. The highest BCUT2D eigenvalue weighted by molar-refractivity contribution is 5.97. The molecule has 0 radical (unpaired) electrons. The quantitative estimate of drug-likeness (QED) is 0.790. The van der Waals surface area contributed by atoms with E-state index in [4.69, 9.17) is 4.74 Å². The second-order valence-corrected chi connectivity index (χ2v) is 6.81. The van der Waals surface area contributed by atoms with Gasteiger partial charge in [-0.15, -0.1) is 0 Å². The van der Waals surface area contributed by atoms with Crippen LogP contribution in [0.3, 0.4) is 0 Å². The van der Waals surface area contributed by atoms with Crippen LogP contribution >= 0.6 is 0 Å². The Morgan fingerprint density at radius 1 is 1.15 bits per heavy atom. The molecule has 1 aliphatic carbocycles. The van der Waals surface area contributed by atoms with Gasteiger partial charge in [-0.1, -0.05) is 31.4 Å². The lowest BCUT2D eigenvalue weighted by Gasteiger charge is -2.31. The summed E-state index contributed by atoms with van der Waals surface area (Å²) in [5, 5.41) is 4.15. The van der Waals surface area contributed by atoms with Gasteiger partial charge in [0.25, 0.3) is 5.91 Å². The number of carbonyl (C=O) groups is 2. The lowest BCUT2D eigenvalue weighted by molar-refractivity contribution is 0.0588. The summed E-state index contributed by atoms with van der Waals surface area (Å²) in [6.07, 6.45) is 7.45. The van der Waals surface area contributed by atoms with Gasteiger partial charge in [-0.25, -0.2) is 4.79 Å². The molecule has 26 heavy (non-hydrogen) atoms. The normalized spacial score (nSPS) is 14.9. The van der Waals surface area contributed by atoms with Gasteiger partial charge in [0.2, 0.25) is 0 Å². The highest BCUT2D eigenvalue weighted by Gasteiger charge is 2.23. The van der Waals surface area contributed by atoms with Gasteiger partial charge in [0.1, 0.15) is 0 Å². The lowest BCUT2D eigenvalue weighted by atomic mass is 9.94. The summed E-state index contributed by atoms with van der Waals surface area (Å²) in [6, 6.07) is 7.66. The fraction of sp³-hybridized carbons (Fsp3) is 0.450. The van der Waals surface area contributed by atoms with Crippen molar-refractivity contribution in [1.82, 2.24) is 14.7 Å². The van der Waals surface area contributed by atoms with E-state index in [0.717, 1.165) is 18.4 Å². The van der Waals surface area contributed by atoms with Crippen LogP contribution in [0.4, 0.5) is 0 Å². The first kappa shape index (κ1) is 18.2. The van der Waals surface area contributed by atoms with Crippen molar-refractivity contribution in [2.75, 3.05) is 14.2 Å². The molecule has 0 bridgehead atoms. The van der Waals surface area contributed by atoms with Crippen molar-refractivity contribution in [1.29, 1.82) is 0 Å². The predicted molar refractivity (Wildman–Crippen MR) is 99.0 cm³/mol. The molecule has 0 atom stereocenters. The Kier molecular flexibility index (Phi) is 5.40. The van der Waals surface area contributed by atoms with Crippen molar-refractivity contribution in [2.45, 2.75) is 38.1 Å². The monoisotopic (exact) mass is 355 g/mol. The van der Waals surface area contributed by atoms with E-state index in [9.17, 15) is 9.59 Å². The minimum absolute atomic E-state index is 0.0443. The third-order valence-corrected chi connectivity index (χ3v) is 5.20. The molecule has 0 aliphatic heterocycles. The minimum Gasteiger partial charge on any atom is -0.464 e. The Labute approximate surface area is 153 Å². The zero-order valence-corrected chi connectivity index (χ0v) is 15.6. The molecule has 1 aromatic heterocycles. The molecule has 138 valence electrons. The largest absolute Gasteiger partial charge is 0.464 e. The third-order valence-electron chi connectivity index (χ3n) is 5.20. The fourth-order valence-electron chi connectivity index (χ4n) is 3.62. The first-order valence-electron chi connectivity index (χ1n) is 9.01. The highest BCUT2D eigenvalue weighted by atomic mass is 16.5. The second kappa shape index (κ2) is 7.72. The van der Waals surface area contributed by atoms with E-state index in [1.807, 2.05) is 36.2 Å². The molecule has 1 aromatic carbocycles. The van der Waals surface area contributed by atoms with Crippen molar-refractivity contribution in [2.24, 2.45) is 7.05 Å². The lowest BCUT2D eigenvalue weighted by Crippen LogP contribution is -2.38. The molecule has 3 rings (SSSR count). The summed E-state index contributed by atoms with van der Waals surface area (Å²) < 4.78 is 6.33. The molecule has 6 heteroatoms. The number of hydrogen-bond donors (Lipinski definition) is 0. The average molecular weight is 355 g/mol.